The molecule has 0 amide bonds. The number of piperidine rings is 1. The van der Waals surface area contributed by atoms with E-state index in [1.807, 2.05) is 0 Å². The van der Waals surface area contributed by atoms with Crippen LogP contribution in [0, 0.1) is 0 Å². The Morgan fingerprint density at radius 1 is 1.10 bits per heavy atom. The van der Waals surface area contributed by atoms with Gasteiger partial charge in [-0.25, -0.2) is 15.0 Å². The van der Waals surface area contributed by atoms with Gasteiger partial charge in [-0.2, -0.15) is 0 Å². The average molecular weight is 417 g/mol. The smallest absolute Gasteiger partial charge is 0.318 e. The van der Waals surface area contributed by atoms with Crippen molar-refractivity contribution < 1.29 is 4.74 Å². The first-order valence-corrected chi connectivity index (χ1v) is 9.69. The van der Waals surface area contributed by atoms with Crippen LogP contribution in [0.4, 0.5) is 5.95 Å². The van der Waals surface area contributed by atoms with E-state index in [-0.39, 0.29) is 6.04 Å². The quantitative estimate of drug-likeness (QED) is 0.595. The molecule has 4 rings (SSSR count). The van der Waals surface area contributed by atoms with Crippen molar-refractivity contribution in [1.29, 1.82) is 0 Å². The molecule has 1 saturated heterocycles. The fourth-order valence-electron chi connectivity index (χ4n) is 3.72. The summed E-state index contributed by atoms with van der Waals surface area (Å²) >= 11 is 6.05. The van der Waals surface area contributed by atoms with Gasteiger partial charge >= 0.3 is 11.1 Å². The maximum Gasteiger partial charge on any atom is 0.318 e. The van der Waals surface area contributed by atoms with Crippen LogP contribution in [0.15, 0.2) is 34.2 Å². The molecule has 4 heterocycles. The molecule has 9 nitrogen and oxygen atoms in total. The van der Waals surface area contributed by atoms with E-state index in [4.69, 9.17) is 16.3 Å². The Morgan fingerprint density at radius 2 is 1.79 bits per heavy atom. The van der Waals surface area contributed by atoms with Gasteiger partial charge in [0.05, 0.1) is 17.1 Å². The minimum Gasteiger partial charge on any atom is -0.380 e. The molecule has 1 aliphatic rings. The molecule has 1 aliphatic heterocycles. The van der Waals surface area contributed by atoms with Crippen LogP contribution in [-0.2, 0) is 18.4 Å². The van der Waals surface area contributed by atoms with Crippen molar-refractivity contribution in [3.05, 3.63) is 56.0 Å². The summed E-state index contributed by atoms with van der Waals surface area (Å²) in [5, 5.41) is 0.418. The van der Waals surface area contributed by atoms with Crippen LogP contribution in [0.2, 0.25) is 5.02 Å². The number of aromatic nitrogens is 5. The maximum atomic E-state index is 12.7. The molecule has 0 aromatic carbocycles. The summed E-state index contributed by atoms with van der Waals surface area (Å²) in [4.78, 5) is 40.4. The normalized spacial score (nSPS) is 15.2. The van der Waals surface area contributed by atoms with E-state index >= 15 is 0 Å². The second-order valence-corrected chi connectivity index (χ2v) is 7.51. The Kier molecular flexibility index (Phi) is 5.33. The molecular weight excluding hydrogens is 396 g/mol. The number of aryl methyl sites for hydroxylation is 1. The summed E-state index contributed by atoms with van der Waals surface area (Å²) in [6.07, 6.45) is 6.36. The molecule has 10 heteroatoms. The van der Waals surface area contributed by atoms with Crippen molar-refractivity contribution >= 4 is 28.7 Å². The fraction of sp³-hybridized carbons (Fsp3) is 0.421. The fourth-order valence-corrected chi connectivity index (χ4v) is 3.87. The van der Waals surface area contributed by atoms with Gasteiger partial charge in [-0.15, -0.1) is 0 Å². The molecule has 29 heavy (non-hydrogen) atoms. The second kappa shape index (κ2) is 7.92. The topological polar surface area (TPSA) is 95.1 Å². The van der Waals surface area contributed by atoms with Gasteiger partial charge in [0.1, 0.15) is 0 Å². The van der Waals surface area contributed by atoms with E-state index < -0.39 is 11.1 Å². The molecule has 0 spiro atoms. The number of hydrogen-bond acceptors (Lipinski definition) is 7. The van der Waals surface area contributed by atoms with Gasteiger partial charge in [0.15, 0.2) is 5.65 Å². The van der Waals surface area contributed by atoms with Crippen molar-refractivity contribution in [3.8, 4) is 0 Å². The maximum absolute atomic E-state index is 12.7. The molecule has 0 saturated carbocycles. The number of rotatable bonds is 4. The molecule has 152 valence electrons. The zero-order valence-corrected chi connectivity index (χ0v) is 17.0. The van der Waals surface area contributed by atoms with Crippen LogP contribution in [0.5, 0.6) is 0 Å². The first-order valence-electron chi connectivity index (χ1n) is 9.31. The molecule has 0 N–H and O–H groups in total. The van der Waals surface area contributed by atoms with Crippen molar-refractivity contribution in [2.75, 3.05) is 25.1 Å². The monoisotopic (exact) mass is 416 g/mol. The van der Waals surface area contributed by atoms with Gasteiger partial charge in [-0.3, -0.25) is 14.2 Å². The van der Waals surface area contributed by atoms with Crippen molar-refractivity contribution in [2.45, 2.75) is 25.5 Å². The summed E-state index contributed by atoms with van der Waals surface area (Å²) in [6.45, 7) is 1.81. The lowest BCUT2D eigenvalue weighted by Gasteiger charge is -2.33. The van der Waals surface area contributed by atoms with Crippen LogP contribution >= 0.6 is 11.6 Å². The minimum atomic E-state index is -0.582. The van der Waals surface area contributed by atoms with Gasteiger partial charge in [-0.1, -0.05) is 11.6 Å². The average Bonchev–Trinajstić information content (AvgIpc) is 2.74. The van der Waals surface area contributed by atoms with E-state index in [1.54, 1.807) is 32.6 Å². The zero-order chi connectivity index (χ0) is 20.5. The molecule has 0 radical (unpaired) electrons. The molecule has 3 aromatic rings. The van der Waals surface area contributed by atoms with E-state index in [0.717, 1.165) is 5.56 Å². The van der Waals surface area contributed by atoms with Crippen molar-refractivity contribution in [3.63, 3.8) is 0 Å². The van der Waals surface area contributed by atoms with E-state index in [0.29, 0.717) is 54.7 Å². The summed E-state index contributed by atoms with van der Waals surface area (Å²) in [5.74, 6) is 0.648. The number of fused-ring (bicyclic) bond motifs is 1. The molecule has 0 bridgehead atoms. The number of methoxy groups -OCH3 is 1. The highest BCUT2D eigenvalue weighted by atomic mass is 35.5. The van der Waals surface area contributed by atoms with Gasteiger partial charge in [0.25, 0.3) is 0 Å². The Morgan fingerprint density at radius 3 is 2.45 bits per heavy atom. The van der Waals surface area contributed by atoms with Crippen molar-refractivity contribution in [1.82, 2.24) is 24.1 Å². The Balaban J connectivity index is 1.61. The first kappa shape index (κ1) is 19.5. The first-order chi connectivity index (χ1) is 14.0. The Hall–Kier alpha value is -2.78. The lowest BCUT2D eigenvalue weighted by Crippen LogP contribution is -2.45. The van der Waals surface area contributed by atoms with Crippen LogP contribution in [-0.4, -0.2) is 44.3 Å². The standard InChI is InChI=1S/C19H21ClN6O3/c1-24-15-7-13(20)10-21-16(15)26(18(28)17(24)27)14-3-5-25(6-4-14)19-22-8-12(9-23-19)11-29-2/h7-10,14H,3-6,11H2,1-2H3. The lowest BCUT2D eigenvalue weighted by molar-refractivity contribution is 0.184. The molecule has 1 fully saturated rings. The molecule has 0 atom stereocenters. The summed E-state index contributed by atoms with van der Waals surface area (Å²) in [7, 11) is 3.19. The highest BCUT2D eigenvalue weighted by molar-refractivity contribution is 6.31. The summed E-state index contributed by atoms with van der Waals surface area (Å²) < 4.78 is 7.91. The molecule has 3 aromatic heterocycles. The van der Waals surface area contributed by atoms with Gasteiger partial charge in [-0.05, 0) is 18.9 Å². The van der Waals surface area contributed by atoms with E-state index in [9.17, 15) is 9.59 Å². The predicted molar refractivity (Wildman–Crippen MR) is 109 cm³/mol. The van der Waals surface area contributed by atoms with E-state index in [2.05, 4.69) is 19.9 Å². The molecule has 0 unspecified atom stereocenters. The van der Waals surface area contributed by atoms with Gasteiger partial charge < -0.3 is 14.2 Å². The second-order valence-electron chi connectivity index (χ2n) is 7.08. The van der Waals surface area contributed by atoms with Crippen molar-refractivity contribution in [2.24, 2.45) is 7.05 Å². The lowest BCUT2D eigenvalue weighted by atomic mass is 10.0. The zero-order valence-electron chi connectivity index (χ0n) is 16.2. The third-order valence-electron chi connectivity index (χ3n) is 5.22. The number of pyridine rings is 1. The third kappa shape index (κ3) is 3.63. The number of halogens is 1. The predicted octanol–water partition coefficient (Wildman–Crippen LogP) is 1.53. The summed E-state index contributed by atoms with van der Waals surface area (Å²) in [5.41, 5.74) is 0.783. The number of hydrogen-bond donors (Lipinski definition) is 0. The van der Waals surface area contributed by atoms with E-state index in [1.165, 1.54) is 15.3 Å². The van der Waals surface area contributed by atoms with Crippen LogP contribution in [0.25, 0.3) is 11.2 Å². The highest BCUT2D eigenvalue weighted by Gasteiger charge is 2.26. The van der Waals surface area contributed by atoms with Crippen LogP contribution < -0.4 is 16.0 Å². The van der Waals surface area contributed by atoms with Gasteiger partial charge in [0.2, 0.25) is 5.95 Å². The SMILES string of the molecule is COCc1cnc(N2CCC(n3c(=O)c(=O)n(C)c4cc(Cl)cnc43)CC2)nc1. The minimum absolute atomic E-state index is 0.128. The largest absolute Gasteiger partial charge is 0.380 e. The van der Waals surface area contributed by atoms with Crippen LogP contribution in [0.1, 0.15) is 24.4 Å². The Labute approximate surface area is 171 Å². The van der Waals surface area contributed by atoms with Crippen LogP contribution in [0.3, 0.4) is 0 Å². The van der Waals surface area contributed by atoms with Gasteiger partial charge in [0, 0.05) is 57.4 Å². The molecular formula is C19H21ClN6O3. The molecule has 0 aliphatic carbocycles. The summed E-state index contributed by atoms with van der Waals surface area (Å²) in [6, 6.07) is 1.53. The number of ether oxygens (including phenoxy) is 1. The number of anilines is 1. The number of nitrogens with zero attached hydrogens (tertiary/aromatic N) is 6. The highest BCUT2D eigenvalue weighted by Crippen LogP contribution is 2.26. The third-order valence-corrected chi connectivity index (χ3v) is 5.43. The Bertz CT molecular complexity index is 1150.